The van der Waals surface area contributed by atoms with E-state index in [1.807, 2.05) is 12.1 Å². The number of nitrogen functional groups attached to an aromatic ring is 2. The fraction of sp³-hybridized carbons (Fsp3) is 0. The SMILES string of the molecule is Nc1c(Cl)ccc2c(N)c(Cl)ccc12. The molecular weight excluding hydrogens is 219 g/mol. The average molecular weight is 227 g/mol. The van der Waals surface area contributed by atoms with Crippen molar-refractivity contribution in [3.05, 3.63) is 34.3 Å². The number of anilines is 2. The maximum absolute atomic E-state index is 5.88. The topological polar surface area (TPSA) is 52.0 Å². The lowest BCUT2D eigenvalue weighted by Crippen LogP contribution is -1.93. The molecule has 0 aliphatic heterocycles. The van der Waals surface area contributed by atoms with E-state index in [1.54, 1.807) is 12.1 Å². The molecular formula is C10H8Cl2N2. The molecule has 0 atom stereocenters. The predicted octanol–water partition coefficient (Wildman–Crippen LogP) is 3.31. The Morgan fingerprint density at radius 1 is 0.714 bits per heavy atom. The van der Waals surface area contributed by atoms with E-state index in [1.165, 1.54) is 0 Å². The summed E-state index contributed by atoms with van der Waals surface area (Å²) >= 11 is 11.8. The first-order valence-corrected chi connectivity index (χ1v) is 4.78. The number of benzene rings is 2. The molecule has 4 heteroatoms. The molecule has 2 aromatic carbocycles. The van der Waals surface area contributed by atoms with Crippen molar-refractivity contribution in [3.63, 3.8) is 0 Å². The normalized spacial score (nSPS) is 10.7. The van der Waals surface area contributed by atoms with E-state index in [0.717, 1.165) is 10.8 Å². The van der Waals surface area contributed by atoms with Crippen LogP contribution in [0.1, 0.15) is 0 Å². The number of rotatable bonds is 0. The summed E-state index contributed by atoms with van der Waals surface area (Å²) in [6.07, 6.45) is 0. The third-order valence-electron chi connectivity index (χ3n) is 2.18. The monoisotopic (exact) mass is 226 g/mol. The summed E-state index contributed by atoms with van der Waals surface area (Å²) in [4.78, 5) is 0. The van der Waals surface area contributed by atoms with Crippen molar-refractivity contribution < 1.29 is 0 Å². The minimum atomic E-state index is 0.527. The van der Waals surface area contributed by atoms with E-state index in [-0.39, 0.29) is 0 Å². The average Bonchev–Trinajstić information content (AvgIpc) is 2.17. The molecule has 0 amide bonds. The van der Waals surface area contributed by atoms with Crippen molar-refractivity contribution in [2.45, 2.75) is 0 Å². The van der Waals surface area contributed by atoms with Gasteiger partial charge < -0.3 is 11.5 Å². The smallest absolute Gasteiger partial charge is 0.0642 e. The van der Waals surface area contributed by atoms with E-state index in [0.29, 0.717) is 21.4 Å². The zero-order valence-corrected chi connectivity index (χ0v) is 8.73. The minimum Gasteiger partial charge on any atom is -0.397 e. The van der Waals surface area contributed by atoms with Gasteiger partial charge in [0.1, 0.15) is 0 Å². The Balaban J connectivity index is 2.94. The van der Waals surface area contributed by atoms with Crippen LogP contribution in [0.5, 0.6) is 0 Å². The van der Waals surface area contributed by atoms with Crippen LogP contribution in [0.2, 0.25) is 10.0 Å². The zero-order valence-electron chi connectivity index (χ0n) is 7.22. The van der Waals surface area contributed by atoms with Crippen LogP contribution < -0.4 is 11.5 Å². The lowest BCUT2D eigenvalue weighted by Gasteiger charge is -2.07. The molecule has 2 nitrogen and oxygen atoms in total. The molecule has 0 saturated heterocycles. The van der Waals surface area contributed by atoms with Crippen molar-refractivity contribution in [3.8, 4) is 0 Å². The molecule has 0 bridgehead atoms. The molecule has 0 saturated carbocycles. The van der Waals surface area contributed by atoms with Gasteiger partial charge in [-0.15, -0.1) is 0 Å². The molecule has 0 unspecified atom stereocenters. The van der Waals surface area contributed by atoms with Crippen LogP contribution in [0.4, 0.5) is 11.4 Å². The summed E-state index contributed by atoms with van der Waals surface area (Å²) in [7, 11) is 0. The Kier molecular flexibility index (Phi) is 2.17. The summed E-state index contributed by atoms with van der Waals surface area (Å²) < 4.78 is 0. The van der Waals surface area contributed by atoms with Gasteiger partial charge >= 0.3 is 0 Å². The highest BCUT2D eigenvalue weighted by Gasteiger charge is 2.06. The van der Waals surface area contributed by atoms with Gasteiger partial charge in [0, 0.05) is 10.8 Å². The summed E-state index contributed by atoms with van der Waals surface area (Å²) in [6.45, 7) is 0. The van der Waals surface area contributed by atoms with Crippen molar-refractivity contribution in [2.24, 2.45) is 0 Å². The second-order valence-electron chi connectivity index (χ2n) is 3.02. The second-order valence-corrected chi connectivity index (χ2v) is 3.83. The first-order chi connectivity index (χ1) is 6.61. The molecule has 72 valence electrons. The van der Waals surface area contributed by atoms with Crippen LogP contribution in [0.25, 0.3) is 10.8 Å². The molecule has 0 spiro atoms. The molecule has 4 N–H and O–H groups in total. The van der Waals surface area contributed by atoms with Crippen LogP contribution in [0.15, 0.2) is 24.3 Å². The van der Waals surface area contributed by atoms with Gasteiger partial charge in [-0.2, -0.15) is 0 Å². The van der Waals surface area contributed by atoms with Crippen LogP contribution >= 0.6 is 23.2 Å². The van der Waals surface area contributed by atoms with E-state index in [4.69, 9.17) is 34.7 Å². The van der Waals surface area contributed by atoms with Crippen LogP contribution in [0, 0.1) is 0 Å². The number of halogens is 2. The molecule has 0 aromatic heterocycles. The molecule has 2 aromatic rings. The van der Waals surface area contributed by atoms with Gasteiger partial charge in [0.25, 0.3) is 0 Å². The van der Waals surface area contributed by atoms with Crippen LogP contribution in [-0.4, -0.2) is 0 Å². The van der Waals surface area contributed by atoms with E-state index in [9.17, 15) is 0 Å². The number of hydrogen-bond donors (Lipinski definition) is 2. The summed E-state index contributed by atoms with van der Waals surface area (Å²) in [5.74, 6) is 0. The molecule has 0 aliphatic rings. The highest BCUT2D eigenvalue weighted by Crippen LogP contribution is 2.34. The molecule has 0 aliphatic carbocycles. The van der Waals surface area contributed by atoms with E-state index in [2.05, 4.69) is 0 Å². The summed E-state index contributed by atoms with van der Waals surface area (Å²) in [5.41, 5.74) is 12.7. The quantitative estimate of drug-likeness (QED) is 0.678. The second kappa shape index (κ2) is 3.23. The third kappa shape index (κ3) is 1.27. The standard InChI is InChI=1S/C10H8Cl2N2/c11-7-3-1-5-6(10(7)14)2-4-8(12)9(5)13/h1-4H,13-14H2. The van der Waals surface area contributed by atoms with Gasteiger partial charge in [-0.3, -0.25) is 0 Å². The molecule has 2 rings (SSSR count). The maximum atomic E-state index is 5.88. The largest absolute Gasteiger partial charge is 0.397 e. The van der Waals surface area contributed by atoms with Crippen molar-refractivity contribution in [1.29, 1.82) is 0 Å². The Morgan fingerprint density at radius 3 is 1.43 bits per heavy atom. The minimum absolute atomic E-state index is 0.527. The number of fused-ring (bicyclic) bond motifs is 1. The van der Waals surface area contributed by atoms with Gasteiger partial charge in [-0.1, -0.05) is 35.3 Å². The lowest BCUT2D eigenvalue weighted by molar-refractivity contribution is 1.71. The highest BCUT2D eigenvalue weighted by atomic mass is 35.5. The zero-order chi connectivity index (χ0) is 10.3. The fourth-order valence-electron chi connectivity index (χ4n) is 1.40. The van der Waals surface area contributed by atoms with Crippen molar-refractivity contribution >= 4 is 45.3 Å². The van der Waals surface area contributed by atoms with Gasteiger partial charge in [-0.25, -0.2) is 0 Å². The predicted molar refractivity (Wildman–Crippen MR) is 62.8 cm³/mol. The first-order valence-electron chi connectivity index (χ1n) is 4.03. The number of hydrogen-bond acceptors (Lipinski definition) is 2. The van der Waals surface area contributed by atoms with Gasteiger partial charge in [0.15, 0.2) is 0 Å². The maximum Gasteiger partial charge on any atom is 0.0642 e. The molecule has 0 radical (unpaired) electrons. The van der Waals surface area contributed by atoms with Gasteiger partial charge in [0.05, 0.1) is 21.4 Å². The van der Waals surface area contributed by atoms with E-state index >= 15 is 0 Å². The number of nitrogens with two attached hydrogens (primary N) is 2. The molecule has 0 heterocycles. The summed E-state index contributed by atoms with van der Waals surface area (Å²) in [5, 5.41) is 2.72. The van der Waals surface area contributed by atoms with E-state index < -0.39 is 0 Å². The Morgan fingerprint density at radius 2 is 1.07 bits per heavy atom. The van der Waals surface area contributed by atoms with Crippen molar-refractivity contribution in [1.82, 2.24) is 0 Å². The molecule has 0 fully saturated rings. The first kappa shape index (κ1) is 9.44. The van der Waals surface area contributed by atoms with Crippen molar-refractivity contribution in [2.75, 3.05) is 11.5 Å². The van der Waals surface area contributed by atoms with Crippen LogP contribution in [0.3, 0.4) is 0 Å². The molecule has 14 heavy (non-hydrogen) atoms. The lowest BCUT2D eigenvalue weighted by atomic mass is 10.1. The van der Waals surface area contributed by atoms with Crippen LogP contribution in [-0.2, 0) is 0 Å². The fourth-order valence-corrected chi connectivity index (χ4v) is 1.73. The highest BCUT2D eigenvalue weighted by molar-refractivity contribution is 6.37. The Bertz CT molecular complexity index is 462. The third-order valence-corrected chi connectivity index (χ3v) is 2.84. The Hall–Kier alpha value is -1.12. The summed E-state index contributed by atoms with van der Waals surface area (Å²) in [6, 6.07) is 7.06. The van der Waals surface area contributed by atoms with Gasteiger partial charge in [0.2, 0.25) is 0 Å². The Labute approximate surface area is 91.4 Å². The van der Waals surface area contributed by atoms with Gasteiger partial charge in [-0.05, 0) is 12.1 Å².